The Balaban J connectivity index is 1.95. The number of hydrogen-bond acceptors (Lipinski definition) is 8. The summed E-state index contributed by atoms with van der Waals surface area (Å²) in [6.45, 7) is 1.36. The van der Waals surface area contributed by atoms with E-state index in [1.165, 1.54) is 23.7 Å². The minimum atomic E-state index is -0.575. The van der Waals surface area contributed by atoms with Crippen LogP contribution in [0.4, 0.5) is 5.82 Å². The summed E-state index contributed by atoms with van der Waals surface area (Å²) in [5.74, 6) is -0.317. The molecule has 0 N–H and O–H groups in total. The molecule has 23 heavy (non-hydrogen) atoms. The van der Waals surface area contributed by atoms with Gasteiger partial charge in [0.05, 0.1) is 6.04 Å². The van der Waals surface area contributed by atoms with Crippen LogP contribution >= 0.6 is 0 Å². The first-order valence-corrected chi connectivity index (χ1v) is 7.13. The minimum absolute atomic E-state index is 0.204. The van der Waals surface area contributed by atoms with Crippen LogP contribution in [0.25, 0.3) is 11.5 Å². The highest BCUT2D eigenvalue weighted by molar-refractivity contribution is 5.66. The molecule has 3 rings (SSSR count). The lowest BCUT2D eigenvalue weighted by molar-refractivity contribution is -0.389. The van der Waals surface area contributed by atoms with E-state index in [2.05, 4.69) is 20.5 Å². The molecular formula is C13H14N6O4. The molecule has 0 aliphatic heterocycles. The van der Waals surface area contributed by atoms with Crippen molar-refractivity contribution in [3.05, 3.63) is 28.3 Å². The van der Waals surface area contributed by atoms with E-state index in [9.17, 15) is 14.9 Å². The van der Waals surface area contributed by atoms with E-state index in [1.54, 1.807) is 6.07 Å². The van der Waals surface area contributed by atoms with Crippen molar-refractivity contribution in [2.45, 2.75) is 38.3 Å². The first kappa shape index (κ1) is 15.0. The highest BCUT2D eigenvalue weighted by atomic mass is 16.6. The maximum absolute atomic E-state index is 11.2. The van der Waals surface area contributed by atoms with Gasteiger partial charge in [-0.1, -0.05) is 0 Å². The van der Waals surface area contributed by atoms with E-state index < -0.39 is 4.92 Å². The summed E-state index contributed by atoms with van der Waals surface area (Å²) in [7, 11) is 0. The molecule has 1 fully saturated rings. The molecule has 1 aliphatic rings. The third-order valence-corrected chi connectivity index (χ3v) is 3.69. The van der Waals surface area contributed by atoms with Crippen molar-refractivity contribution in [3.63, 3.8) is 0 Å². The molecule has 0 unspecified atom stereocenters. The fourth-order valence-electron chi connectivity index (χ4n) is 2.77. The van der Waals surface area contributed by atoms with Gasteiger partial charge in [0.15, 0.2) is 0 Å². The summed E-state index contributed by atoms with van der Waals surface area (Å²) in [5.41, 5.74) is 0.303. The van der Waals surface area contributed by atoms with Crippen LogP contribution in [0, 0.1) is 10.1 Å². The Bertz CT molecular complexity index is 746. The van der Waals surface area contributed by atoms with Crippen molar-refractivity contribution in [1.82, 2.24) is 25.2 Å². The SMILES string of the molecule is CC(=O)O[C@H]1CCC[C@H]1n1nnnc1-c1cccc([N+](=O)[O-])n1. The topological polar surface area (TPSA) is 126 Å². The Labute approximate surface area is 130 Å². The minimum Gasteiger partial charge on any atom is -0.460 e. The molecule has 10 heteroatoms. The Morgan fingerprint density at radius 3 is 3.00 bits per heavy atom. The van der Waals surface area contributed by atoms with Crippen molar-refractivity contribution >= 4 is 11.8 Å². The van der Waals surface area contributed by atoms with Crippen molar-refractivity contribution < 1.29 is 14.5 Å². The fourth-order valence-corrected chi connectivity index (χ4v) is 2.77. The third kappa shape index (κ3) is 3.00. The maximum Gasteiger partial charge on any atom is 0.364 e. The molecule has 2 heterocycles. The molecule has 2 aromatic heterocycles. The van der Waals surface area contributed by atoms with Gasteiger partial charge in [0.25, 0.3) is 0 Å². The summed E-state index contributed by atoms with van der Waals surface area (Å²) in [6, 6.07) is 4.22. The summed E-state index contributed by atoms with van der Waals surface area (Å²) in [4.78, 5) is 25.5. The van der Waals surface area contributed by atoms with Crippen molar-refractivity contribution in [3.8, 4) is 11.5 Å². The van der Waals surface area contributed by atoms with Crippen LogP contribution in [0.3, 0.4) is 0 Å². The average molecular weight is 318 g/mol. The molecule has 120 valence electrons. The molecule has 0 radical (unpaired) electrons. The molecule has 2 atom stereocenters. The zero-order valence-electron chi connectivity index (χ0n) is 12.3. The lowest BCUT2D eigenvalue weighted by Crippen LogP contribution is -2.25. The third-order valence-electron chi connectivity index (χ3n) is 3.69. The Morgan fingerprint density at radius 1 is 1.43 bits per heavy atom. The molecule has 2 aromatic rings. The number of esters is 1. The van der Waals surface area contributed by atoms with E-state index in [0.717, 1.165) is 19.3 Å². The number of carbonyl (C=O) groups excluding carboxylic acids is 1. The smallest absolute Gasteiger partial charge is 0.364 e. The second-order valence-electron chi connectivity index (χ2n) is 5.23. The van der Waals surface area contributed by atoms with Gasteiger partial charge in [0.1, 0.15) is 6.10 Å². The first-order valence-electron chi connectivity index (χ1n) is 7.13. The molecule has 0 saturated heterocycles. The van der Waals surface area contributed by atoms with Crippen LogP contribution in [0.1, 0.15) is 32.2 Å². The molecule has 1 aliphatic carbocycles. The number of pyridine rings is 1. The molecule has 0 amide bonds. The number of tetrazole rings is 1. The normalized spacial score (nSPS) is 20.4. The van der Waals surface area contributed by atoms with Gasteiger partial charge in [-0.2, -0.15) is 0 Å². The van der Waals surface area contributed by atoms with Crippen molar-refractivity contribution in [2.75, 3.05) is 0 Å². The first-order chi connectivity index (χ1) is 11.1. The van der Waals surface area contributed by atoms with E-state index in [-0.39, 0.29) is 23.9 Å². The quantitative estimate of drug-likeness (QED) is 0.469. The molecule has 10 nitrogen and oxygen atoms in total. The number of nitro groups is 1. The monoisotopic (exact) mass is 318 g/mol. The standard InChI is InChI=1S/C13H14N6O4/c1-8(20)23-11-6-3-5-10(11)18-13(15-16-17-18)9-4-2-7-12(14-9)19(21)22/h2,4,7,10-11H,3,5-6H2,1H3/t10-,11+/m1/s1. The largest absolute Gasteiger partial charge is 0.460 e. The fraction of sp³-hybridized carbons (Fsp3) is 0.462. The van der Waals surface area contributed by atoms with Gasteiger partial charge in [-0.3, -0.25) is 4.79 Å². The molecular weight excluding hydrogens is 304 g/mol. The summed E-state index contributed by atoms with van der Waals surface area (Å²) >= 11 is 0. The zero-order chi connectivity index (χ0) is 16.4. The van der Waals surface area contributed by atoms with Gasteiger partial charge >= 0.3 is 11.8 Å². The second-order valence-corrected chi connectivity index (χ2v) is 5.23. The lowest BCUT2D eigenvalue weighted by Gasteiger charge is -2.19. The van der Waals surface area contributed by atoms with Crippen molar-refractivity contribution in [1.29, 1.82) is 0 Å². The zero-order valence-corrected chi connectivity index (χ0v) is 12.3. The molecule has 0 spiro atoms. The summed E-state index contributed by atoms with van der Waals surface area (Å²) in [5, 5.41) is 22.4. The predicted octanol–water partition coefficient (Wildman–Crippen LogP) is 1.30. The van der Waals surface area contributed by atoms with Crippen molar-refractivity contribution in [2.24, 2.45) is 0 Å². The molecule has 0 aromatic carbocycles. The molecule has 0 bridgehead atoms. The number of rotatable bonds is 4. The second kappa shape index (κ2) is 6.07. The van der Waals surface area contributed by atoms with Gasteiger partial charge in [-0.05, 0) is 51.7 Å². The van der Waals surface area contributed by atoms with E-state index in [4.69, 9.17) is 4.74 Å². The predicted molar refractivity (Wildman–Crippen MR) is 76.1 cm³/mol. The average Bonchev–Trinajstić information content (AvgIpc) is 3.15. The van der Waals surface area contributed by atoms with Gasteiger partial charge < -0.3 is 14.9 Å². The maximum atomic E-state index is 11.2. The lowest BCUT2D eigenvalue weighted by atomic mass is 10.2. The Kier molecular flexibility index (Phi) is 3.96. The number of aromatic nitrogens is 5. The highest BCUT2D eigenvalue weighted by Crippen LogP contribution is 2.34. The Hall–Kier alpha value is -2.91. The van der Waals surface area contributed by atoms with Crippen LogP contribution in [-0.2, 0) is 9.53 Å². The van der Waals surface area contributed by atoms with Gasteiger partial charge in [-0.15, -0.1) is 5.10 Å². The van der Waals surface area contributed by atoms with Crippen LogP contribution in [-0.4, -0.2) is 42.2 Å². The number of carbonyl (C=O) groups is 1. The van der Waals surface area contributed by atoms with E-state index >= 15 is 0 Å². The summed E-state index contributed by atoms with van der Waals surface area (Å²) < 4.78 is 6.85. The van der Waals surface area contributed by atoms with E-state index in [0.29, 0.717) is 11.5 Å². The van der Waals surface area contributed by atoms with Gasteiger partial charge in [0.2, 0.25) is 11.5 Å². The van der Waals surface area contributed by atoms with Gasteiger partial charge in [0, 0.05) is 13.0 Å². The van der Waals surface area contributed by atoms with E-state index in [1.807, 2.05) is 0 Å². The number of hydrogen-bond donors (Lipinski definition) is 0. The summed E-state index contributed by atoms with van der Waals surface area (Å²) in [6.07, 6.45) is 2.05. The van der Waals surface area contributed by atoms with Crippen LogP contribution in [0.5, 0.6) is 0 Å². The van der Waals surface area contributed by atoms with Crippen LogP contribution in [0.15, 0.2) is 18.2 Å². The molecule has 1 saturated carbocycles. The van der Waals surface area contributed by atoms with Crippen LogP contribution in [0.2, 0.25) is 0 Å². The van der Waals surface area contributed by atoms with Gasteiger partial charge in [-0.25, -0.2) is 4.68 Å². The number of ether oxygens (including phenoxy) is 1. The highest BCUT2D eigenvalue weighted by Gasteiger charge is 2.35. The van der Waals surface area contributed by atoms with Crippen LogP contribution < -0.4 is 0 Å². The Morgan fingerprint density at radius 2 is 2.26 bits per heavy atom. The number of nitrogens with zero attached hydrogens (tertiary/aromatic N) is 6.